The number of nitrogens with one attached hydrogen (secondary N) is 1. The van der Waals surface area contributed by atoms with E-state index in [0.717, 1.165) is 0 Å². The fourth-order valence-electron chi connectivity index (χ4n) is 2.79. The first-order chi connectivity index (χ1) is 12.9. The number of carbonyl (C=O) groups excluding carboxylic acids is 2. The van der Waals surface area contributed by atoms with Crippen LogP contribution in [-0.2, 0) is 9.53 Å². The molecule has 0 unspecified atom stereocenters. The third kappa shape index (κ3) is 4.15. The summed E-state index contributed by atoms with van der Waals surface area (Å²) in [6.45, 7) is -0.0124. The summed E-state index contributed by atoms with van der Waals surface area (Å²) in [4.78, 5) is 37.6. The smallest absolute Gasteiger partial charge is 0.450 e. The Morgan fingerprint density at radius 2 is 1.81 bits per heavy atom. The highest BCUT2D eigenvalue weighted by Crippen LogP contribution is 2.25. The number of carboxylic acid groups (broad SMARTS) is 1. The molecule has 0 bridgehead atoms. The molecule has 0 aliphatic carbocycles. The van der Waals surface area contributed by atoms with Crippen LogP contribution >= 0.6 is 23.2 Å². The van der Waals surface area contributed by atoms with Crippen molar-refractivity contribution in [2.75, 3.05) is 11.4 Å². The van der Waals surface area contributed by atoms with E-state index in [4.69, 9.17) is 33.0 Å². The van der Waals surface area contributed by atoms with Crippen LogP contribution in [0.25, 0.3) is 0 Å². The normalized spacial score (nSPS) is 19.0. The zero-order valence-corrected chi connectivity index (χ0v) is 15.3. The van der Waals surface area contributed by atoms with Crippen LogP contribution in [0, 0.1) is 0 Å². The Hall–Kier alpha value is -2.77. The lowest BCUT2D eigenvalue weighted by molar-refractivity contribution is -0.119. The third-order valence-electron chi connectivity index (χ3n) is 4.05. The quantitative estimate of drug-likeness (QED) is 0.757. The van der Waals surface area contributed by atoms with Crippen molar-refractivity contribution in [1.29, 1.82) is 0 Å². The van der Waals surface area contributed by atoms with E-state index >= 15 is 0 Å². The highest BCUT2D eigenvalue weighted by atomic mass is 35.5. The van der Waals surface area contributed by atoms with Gasteiger partial charge < -0.3 is 20.1 Å². The highest BCUT2D eigenvalue weighted by molar-refractivity contribution is 6.42. The van der Waals surface area contributed by atoms with Crippen molar-refractivity contribution >= 4 is 46.9 Å². The maximum atomic E-state index is 12.8. The molecule has 27 heavy (non-hydrogen) atoms. The average Bonchev–Trinajstić information content (AvgIpc) is 2.93. The summed E-state index contributed by atoms with van der Waals surface area (Å²) >= 11 is 11.8. The molecule has 1 aliphatic rings. The molecule has 0 aromatic heterocycles. The Bertz CT molecular complexity index is 891. The summed E-state index contributed by atoms with van der Waals surface area (Å²) < 4.78 is 4.82. The number of benzene rings is 2. The average molecular weight is 409 g/mol. The first-order valence-corrected chi connectivity index (χ1v) is 8.64. The fourth-order valence-corrected chi connectivity index (χ4v) is 3.09. The number of para-hydroxylation sites is 1. The number of amides is 2. The lowest BCUT2D eigenvalue weighted by Crippen LogP contribution is -2.47. The van der Waals surface area contributed by atoms with E-state index in [1.807, 2.05) is 0 Å². The van der Waals surface area contributed by atoms with Gasteiger partial charge in [-0.2, -0.15) is 0 Å². The molecule has 0 spiro atoms. The number of hydrogen-bond donors (Lipinski definition) is 2. The number of nitrogens with zero attached hydrogens (tertiary/aromatic N) is 1. The molecular formula is C18H14Cl2N2O5. The molecule has 2 aromatic carbocycles. The number of ether oxygens (including phenoxy) is 1. The van der Waals surface area contributed by atoms with Gasteiger partial charge in [-0.15, -0.1) is 0 Å². The molecule has 0 radical (unpaired) electrons. The largest absolute Gasteiger partial charge is 0.506 e. The summed E-state index contributed by atoms with van der Waals surface area (Å²) in [6, 6.07) is 11.8. The third-order valence-corrected chi connectivity index (χ3v) is 4.79. The van der Waals surface area contributed by atoms with Crippen LogP contribution in [0.2, 0.25) is 10.0 Å². The van der Waals surface area contributed by atoms with Crippen LogP contribution in [-0.4, -0.2) is 41.8 Å². The summed E-state index contributed by atoms with van der Waals surface area (Å²) in [7, 11) is 0. The number of hydrogen-bond acceptors (Lipinski definition) is 4. The van der Waals surface area contributed by atoms with Gasteiger partial charge in [0.15, 0.2) is 6.10 Å². The van der Waals surface area contributed by atoms with Crippen LogP contribution < -0.4 is 10.2 Å². The lowest BCUT2D eigenvalue weighted by Gasteiger charge is -2.17. The van der Waals surface area contributed by atoms with Crippen LogP contribution in [0.1, 0.15) is 10.4 Å². The maximum absolute atomic E-state index is 12.8. The molecule has 1 aliphatic heterocycles. The second-order valence-electron chi connectivity index (χ2n) is 5.79. The zero-order chi connectivity index (χ0) is 19.6. The minimum Gasteiger partial charge on any atom is -0.450 e. The summed E-state index contributed by atoms with van der Waals surface area (Å²) in [6.07, 6.45) is -2.58. The van der Waals surface area contributed by atoms with E-state index in [1.54, 1.807) is 30.3 Å². The van der Waals surface area contributed by atoms with Gasteiger partial charge in [0.05, 0.1) is 16.6 Å². The second-order valence-corrected chi connectivity index (χ2v) is 6.60. The van der Waals surface area contributed by atoms with Crippen molar-refractivity contribution in [3.63, 3.8) is 0 Å². The first-order valence-electron chi connectivity index (χ1n) is 7.88. The van der Waals surface area contributed by atoms with Gasteiger partial charge in [0.2, 0.25) is 0 Å². The molecule has 1 heterocycles. The van der Waals surface area contributed by atoms with E-state index in [-0.39, 0.29) is 22.2 Å². The van der Waals surface area contributed by atoms with Crippen LogP contribution in [0.15, 0.2) is 48.5 Å². The van der Waals surface area contributed by atoms with E-state index in [9.17, 15) is 14.4 Å². The molecule has 0 saturated carbocycles. The molecule has 2 atom stereocenters. The van der Waals surface area contributed by atoms with Crippen LogP contribution in [0.3, 0.4) is 0 Å². The van der Waals surface area contributed by atoms with Crippen molar-refractivity contribution in [1.82, 2.24) is 5.32 Å². The molecule has 3 rings (SSSR count). The van der Waals surface area contributed by atoms with E-state index < -0.39 is 30.1 Å². The topological polar surface area (TPSA) is 95.9 Å². The van der Waals surface area contributed by atoms with Gasteiger partial charge >= 0.3 is 6.16 Å². The Labute approximate surface area is 164 Å². The molecule has 1 fully saturated rings. The molecule has 2 amide bonds. The van der Waals surface area contributed by atoms with E-state index in [1.165, 1.54) is 23.1 Å². The van der Waals surface area contributed by atoms with Crippen molar-refractivity contribution in [2.45, 2.75) is 12.1 Å². The van der Waals surface area contributed by atoms with Gasteiger partial charge in [-0.05, 0) is 30.3 Å². The molecule has 1 saturated heterocycles. The summed E-state index contributed by atoms with van der Waals surface area (Å²) in [5.74, 6) is -1.07. The molecule has 2 N–H and O–H groups in total. The van der Waals surface area contributed by atoms with E-state index in [2.05, 4.69) is 5.32 Å². The van der Waals surface area contributed by atoms with Crippen molar-refractivity contribution in [3.8, 4) is 0 Å². The Morgan fingerprint density at radius 1 is 1.11 bits per heavy atom. The first kappa shape index (κ1) is 19.0. The molecule has 140 valence electrons. The Kier molecular flexibility index (Phi) is 5.53. The Morgan fingerprint density at radius 3 is 2.44 bits per heavy atom. The van der Waals surface area contributed by atoms with Crippen molar-refractivity contribution < 1.29 is 24.2 Å². The standard InChI is InChI=1S/C18H14Cl2N2O5/c19-12-7-6-10(8-13(12)20)16(23)21-15-14(27-18(25)26)9-22(17(15)24)11-4-2-1-3-5-11/h1-8,14-15H,9H2,(H,21,23)(H,25,26)/t14-,15-/m0/s1. The fraction of sp³-hybridized carbons (Fsp3) is 0.167. The van der Waals surface area contributed by atoms with Crippen LogP contribution in [0.5, 0.6) is 0 Å². The Balaban J connectivity index is 1.83. The lowest BCUT2D eigenvalue weighted by atomic mass is 10.1. The van der Waals surface area contributed by atoms with Gasteiger partial charge in [0.1, 0.15) is 6.04 Å². The zero-order valence-electron chi connectivity index (χ0n) is 13.8. The molecule has 9 heteroatoms. The maximum Gasteiger partial charge on any atom is 0.506 e. The van der Waals surface area contributed by atoms with Gasteiger partial charge in [0.25, 0.3) is 11.8 Å². The van der Waals surface area contributed by atoms with Gasteiger partial charge in [-0.3, -0.25) is 9.59 Å². The number of halogens is 2. The minimum absolute atomic E-state index is 0.0124. The van der Waals surface area contributed by atoms with Crippen molar-refractivity contribution in [2.24, 2.45) is 0 Å². The summed E-state index contributed by atoms with van der Waals surface area (Å²) in [5, 5.41) is 12.0. The molecular weight excluding hydrogens is 395 g/mol. The predicted molar refractivity (Wildman–Crippen MR) is 99.4 cm³/mol. The SMILES string of the molecule is O=C(O)O[C@H]1CN(c2ccccc2)C(=O)[C@H]1NC(=O)c1ccc(Cl)c(Cl)c1. The summed E-state index contributed by atoms with van der Waals surface area (Å²) in [5.41, 5.74) is 0.761. The van der Waals surface area contributed by atoms with E-state index in [0.29, 0.717) is 5.69 Å². The number of rotatable bonds is 4. The minimum atomic E-state index is -1.53. The second kappa shape index (κ2) is 7.85. The van der Waals surface area contributed by atoms with Crippen molar-refractivity contribution in [3.05, 3.63) is 64.1 Å². The molecule has 7 nitrogen and oxygen atoms in total. The molecule has 2 aromatic rings. The highest BCUT2D eigenvalue weighted by Gasteiger charge is 2.44. The monoisotopic (exact) mass is 408 g/mol. The number of anilines is 1. The van der Waals surface area contributed by atoms with Crippen LogP contribution in [0.4, 0.5) is 10.5 Å². The van der Waals surface area contributed by atoms with Gasteiger partial charge in [-0.25, -0.2) is 4.79 Å². The number of carbonyl (C=O) groups is 3. The van der Waals surface area contributed by atoms with Gasteiger partial charge in [-0.1, -0.05) is 41.4 Å². The predicted octanol–water partition coefficient (Wildman–Crippen LogP) is 3.20. The van der Waals surface area contributed by atoms with Gasteiger partial charge in [0, 0.05) is 11.3 Å².